The van der Waals surface area contributed by atoms with Crippen LogP contribution in [0.15, 0.2) is 39.5 Å². The van der Waals surface area contributed by atoms with Crippen molar-refractivity contribution in [1.29, 1.82) is 0 Å². The van der Waals surface area contributed by atoms with Crippen LogP contribution in [0.1, 0.15) is 11.7 Å². The summed E-state index contributed by atoms with van der Waals surface area (Å²) < 4.78 is 4.87. The number of hydrogen-bond acceptors (Lipinski definition) is 4. The van der Waals surface area contributed by atoms with Gasteiger partial charge < -0.3 is 14.6 Å². The molecule has 0 bridgehead atoms. The van der Waals surface area contributed by atoms with Gasteiger partial charge in [0.15, 0.2) is 6.10 Å². The molecule has 0 aliphatic rings. The Morgan fingerprint density at radius 1 is 1.25 bits per heavy atom. The summed E-state index contributed by atoms with van der Waals surface area (Å²) in [6.07, 6.45) is -1.62. The van der Waals surface area contributed by atoms with Crippen molar-refractivity contribution in [3.05, 3.63) is 46.3 Å². The van der Waals surface area contributed by atoms with Gasteiger partial charge in [-0.2, -0.15) is 0 Å². The van der Waals surface area contributed by atoms with Crippen LogP contribution in [0.25, 0.3) is 11.0 Å². The third-order valence-corrected chi connectivity index (χ3v) is 2.20. The Labute approximate surface area is 89.6 Å². The average molecular weight is 220 g/mol. The predicted molar refractivity (Wildman–Crippen MR) is 55.1 cm³/mol. The Morgan fingerprint density at radius 3 is 2.62 bits per heavy atom. The smallest absolute Gasteiger partial charge is 0.337 e. The first-order chi connectivity index (χ1) is 7.58. The zero-order chi connectivity index (χ0) is 11.7. The summed E-state index contributed by atoms with van der Waals surface area (Å²) in [4.78, 5) is 21.5. The molecule has 0 radical (unpaired) electrons. The van der Waals surface area contributed by atoms with Gasteiger partial charge in [0, 0.05) is 11.5 Å². The molecule has 2 N–H and O–H groups in total. The van der Waals surface area contributed by atoms with Gasteiger partial charge in [-0.25, -0.2) is 9.59 Å². The summed E-state index contributed by atoms with van der Waals surface area (Å²) in [7, 11) is 0. The summed E-state index contributed by atoms with van der Waals surface area (Å²) in [5.41, 5.74) is -0.0888. The van der Waals surface area contributed by atoms with Gasteiger partial charge in [0.1, 0.15) is 5.58 Å². The van der Waals surface area contributed by atoms with E-state index < -0.39 is 17.7 Å². The van der Waals surface area contributed by atoms with Gasteiger partial charge in [-0.1, -0.05) is 12.1 Å². The van der Waals surface area contributed by atoms with E-state index in [0.717, 1.165) is 0 Å². The van der Waals surface area contributed by atoms with E-state index in [9.17, 15) is 14.7 Å². The molecule has 0 saturated carbocycles. The van der Waals surface area contributed by atoms with Crippen molar-refractivity contribution >= 4 is 16.9 Å². The van der Waals surface area contributed by atoms with Gasteiger partial charge in [0.2, 0.25) is 0 Å². The molecule has 0 aliphatic heterocycles. The van der Waals surface area contributed by atoms with Crippen LogP contribution >= 0.6 is 0 Å². The van der Waals surface area contributed by atoms with Crippen molar-refractivity contribution in [2.24, 2.45) is 0 Å². The summed E-state index contributed by atoms with van der Waals surface area (Å²) in [6, 6.07) is 7.24. The maximum atomic E-state index is 11.0. The molecule has 2 rings (SSSR count). The molecule has 82 valence electrons. The van der Waals surface area contributed by atoms with Crippen LogP contribution in [0, 0.1) is 0 Å². The number of aliphatic hydroxyl groups is 1. The highest BCUT2D eigenvalue weighted by atomic mass is 16.4. The largest absolute Gasteiger partial charge is 0.479 e. The van der Waals surface area contributed by atoms with Gasteiger partial charge in [-0.05, 0) is 17.7 Å². The van der Waals surface area contributed by atoms with Crippen LogP contribution in [0.4, 0.5) is 0 Å². The summed E-state index contributed by atoms with van der Waals surface area (Å²) in [5, 5.41) is 18.6. The van der Waals surface area contributed by atoms with Gasteiger partial charge in [0.25, 0.3) is 0 Å². The van der Waals surface area contributed by atoms with E-state index in [0.29, 0.717) is 5.39 Å². The standard InChI is InChI=1S/C11H8O5/c12-9-4-3-6-1-2-7(5-8(6)16-9)10(13)11(14)15/h1-5,10,13H,(H,14,15). The first-order valence-electron chi connectivity index (χ1n) is 4.52. The molecule has 0 saturated heterocycles. The minimum atomic E-state index is -1.62. The fourth-order valence-corrected chi connectivity index (χ4v) is 1.39. The molecular formula is C11H8O5. The highest BCUT2D eigenvalue weighted by Gasteiger charge is 2.16. The number of carboxylic acids is 1. The lowest BCUT2D eigenvalue weighted by molar-refractivity contribution is -0.146. The summed E-state index contributed by atoms with van der Waals surface area (Å²) >= 11 is 0. The van der Waals surface area contributed by atoms with E-state index in [1.54, 1.807) is 12.1 Å². The lowest BCUT2D eigenvalue weighted by Crippen LogP contribution is -2.10. The van der Waals surface area contributed by atoms with Gasteiger partial charge >= 0.3 is 11.6 Å². The number of carboxylic acid groups (broad SMARTS) is 1. The zero-order valence-electron chi connectivity index (χ0n) is 8.08. The van der Waals surface area contributed by atoms with E-state index in [1.807, 2.05) is 0 Å². The van der Waals surface area contributed by atoms with Crippen LogP contribution in [0.2, 0.25) is 0 Å². The van der Waals surface area contributed by atoms with Crippen molar-refractivity contribution in [3.8, 4) is 0 Å². The topological polar surface area (TPSA) is 87.7 Å². The number of fused-ring (bicyclic) bond motifs is 1. The van der Waals surface area contributed by atoms with E-state index in [1.165, 1.54) is 18.2 Å². The van der Waals surface area contributed by atoms with Crippen LogP contribution in [0.3, 0.4) is 0 Å². The van der Waals surface area contributed by atoms with E-state index in [2.05, 4.69) is 0 Å². The minimum Gasteiger partial charge on any atom is -0.479 e. The molecule has 0 fully saturated rings. The van der Waals surface area contributed by atoms with E-state index >= 15 is 0 Å². The molecule has 1 heterocycles. The second-order valence-corrected chi connectivity index (χ2v) is 3.29. The molecule has 0 spiro atoms. The van der Waals surface area contributed by atoms with Crippen molar-refractivity contribution < 1.29 is 19.4 Å². The second-order valence-electron chi connectivity index (χ2n) is 3.29. The van der Waals surface area contributed by atoms with Crippen LogP contribution in [-0.4, -0.2) is 16.2 Å². The maximum absolute atomic E-state index is 11.0. The molecule has 16 heavy (non-hydrogen) atoms. The zero-order valence-corrected chi connectivity index (χ0v) is 8.08. The fraction of sp³-hybridized carbons (Fsp3) is 0.0909. The maximum Gasteiger partial charge on any atom is 0.337 e. The van der Waals surface area contributed by atoms with Gasteiger partial charge in [-0.3, -0.25) is 0 Å². The third-order valence-electron chi connectivity index (χ3n) is 2.20. The van der Waals surface area contributed by atoms with Crippen LogP contribution in [0.5, 0.6) is 0 Å². The number of hydrogen-bond donors (Lipinski definition) is 2. The van der Waals surface area contributed by atoms with Gasteiger partial charge in [0.05, 0.1) is 0 Å². The Balaban J connectivity index is 2.59. The first kappa shape index (κ1) is 10.4. The summed E-state index contributed by atoms with van der Waals surface area (Å²) in [5.74, 6) is -1.35. The van der Waals surface area contributed by atoms with E-state index in [4.69, 9.17) is 9.52 Å². The fourth-order valence-electron chi connectivity index (χ4n) is 1.39. The minimum absolute atomic E-state index is 0.175. The van der Waals surface area contributed by atoms with Crippen molar-refractivity contribution in [2.45, 2.75) is 6.10 Å². The molecule has 5 nitrogen and oxygen atoms in total. The highest BCUT2D eigenvalue weighted by Crippen LogP contribution is 2.19. The van der Waals surface area contributed by atoms with Gasteiger partial charge in [-0.15, -0.1) is 0 Å². The highest BCUT2D eigenvalue weighted by molar-refractivity contribution is 5.80. The molecule has 1 aromatic carbocycles. The van der Waals surface area contributed by atoms with Crippen molar-refractivity contribution in [1.82, 2.24) is 0 Å². The number of carbonyl (C=O) groups is 1. The molecule has 5 heteroatoms. The van der Waals surface area contributed by atoms with E-state index in [-0.39, 0.29) is 11.1 Å². The van der Waals surface area contributed by atoms with Crippen LogP contribution < -0.4 is 5.63 Å². The lowest BCUT2D eigenvalue weighted by atomic mass is 10.1. The molecular weight excluding hydrogens is 212 g/mol. The molecule has 2 aromatic rings. The molecule has 0 amide bonds. The Morgan fingerprint density at radius 2 is 1.94 bits per heavy atom. The predicted octanol–water partition coefficient (Wildman–Crippen LogP) is 0.911. The van der Waals surface area contributed by atoms with Crippen LogP contribution in [-0.2, 0) is 4.79 Å². The Bertz CT molecular complexity index is 599. The molecule has 1 unspecified atom stereocenters. The average Bonchev–Trinajstić information content (AvgIpc) is 2.26. The van der Waals surface area contributed by atoms with Crippen molar-refractivity contribution in [2.75, 3.05) is 0 Å². The normalized spacial score (nSPS) is 12.6. The first-order valence-corrected chi connectivity index (χ1v) is 4.52. The van der Waals surface area contributed by atoms with Crippen molar-refractivity contribution in [3.63, 3.8) is 0 Å². The summed E-state index contributed by atoms with van der Waals surface area (Å²) in [6.45, 7) is 0. The number of rotatable bonds is 2. The number of benzene rings is 1. The molecule has 1 aromatic heterocycles. The molecule has 1 atom stereocenters. The second kappa shape index (κ2) is 3.79. The Hall–Kier alpha value is -2.14. The quantitative estimate of drug-likeness (QED) is 0.734. The monoisotopic (exact) mass is 220 g/mol. The lowest BCUT2D eigenvalue weighted by Gasteiger charge is -2.05. The Kier molecular flexibility index (Phi) is 2.46. The molecule has 0 aliphatic carbocycles. The SMILES string of the molecule is O=C(O)C(O)c1ccc2ccc(=O)oc2c1. The number of aliphatic carboxylic acids is 1. The number of aliphatic hydroxyl groups excluding tert-OH is 1. The third kappa shape index (κ3) is 1.80.